The van der Waals surface area contributed by atoms with Gasteiger partial charge in [-0.05, 0) is 65.2 Å². The number of Topliss-reactive ketones (excluding diaryl/α,β-unsaturated/α-hetero) is 1. The Morgan fingerprint density at radius 2 is 1.89 bits per heavy atom. The predicted octanol–water partition coefficient (Wildman–Crippen LogP) is 5.01. The molecule has 0 aliphatic rings. The monoisotopic (exact) mass is 318 g/mol. The van der Waals surface area contributed by atoms with Crippen molar-refractivity contribution in [2.75, 3.05) is 0 Å². The van der Waals surface area contributed by atoms with E-state index in [1.807, 2.05) is 24.3 Å². The second-order valence-electron chi connectivity index (χ2n) is 4.30. The van der Waals surface area contributed by atoms with Crippen LogP contribution >= 0.6 is 15.9 Å². The number of aryl methyl sites for hydroxylation is 1. The van der Waals surface area contributed by atoms with Crippen LogP contribution in [0.15, 0.2) is 46.9 Å². The molecule has 19 heavy (non-hydrogen) atoms. The summed E-state index contributed by atoms with van der Waals surface area (Å²) < 4.78 is 6.55. The summed E-state index contributed by atoms with van der Waals surface area (Å²) in [7, 11) is 0. The third-order valence-corrected chi connectivity index (χ3v) is 3.52. The Kier molecular flexibility index (Phi) is 4.38. The summed E-state index contributed by atoms with van der Waals surface area (Å²) in [6.45, 7) is 3.66. The third kappa shape index (κ3) is 3.44. The summed E-state index contributed by atoms with van der Waals surface area (Å²) in [6, 6.07) is 13.4. The molecule has 0 N–H and O–H groups in total. The largest absolute Gasteiger partial charge is 0.457 e. The van der Waals surface area contributed by atoms with Gasteiger partial charge >= 0.3 is 0 Å². The summed E-state index contributed by atoms with van der Waals surface area (Å²) in [4.78, 5) is 11.3. The van der Waals surface area contributed by atoms with Gasteiger partial charge in [0.1, 0.15) is 11.5 Å². The molecule has 2 aromatic rings. The van der Waals surface area contributed by atoms with Gasteiger partial charge < -0.3 is 4.74 Å². The molecule has 0 bridgehead atoms. The van der Waals surface area contributed by atoms with Gasteiger partial charge in [-0.3, -0.25) is 4.79 Å². The third-order valence-electron chi connectivity index (χ3n) is 2.86. The molecule has 0 unspecified atom stereocenters. The Labute approximate surface area is 121 Å². The van der Waals surface area contributed by atoms with Gasteiger partial charge in [0.05, 0.1) is 0 Å². The quantitative estimate of drug-likeness (QED) is 0.741. The Morgan fingerprint density at radius 3 is 2.53 bits per heavy atom. The van der Waals surface area contributed by atoms with Crippen molar-refractivity contribution in [2.45, 2.75) is 20.3 Å². The number of benzene rings is 2. The maximum absolute atomic E-state index is 11.3. The number of hydrogen-bond acceptors (Lipinski definition) is 2. The van der Waals surface area contributed by atoms with Crippen LogP contribution in [0.3, 0.4) is 0 Å². The van der Waals surface area contributed by atoms with Crippen LogP contribution in [-0.2, 0) is 6.42 Å². The topological polar surface area (TPSA) is 26.3 Å². The molecule has 0 radical (unpaired) electrons. The van der Waals surface area contributed by atoms with Crippen molar-refractivity contribution < 1.29 is 9.53 Å². The van der Waals surface area contributed by atoms with Gasteiger partial charge in [0.2, 0.25) is 0 Å². The number of carbonyl (C=O) groups excluding carboxylic acids is 1. The van der Waals surface area contributed by atoms with Gasteiger partial charge in [0.25, 0.3) is 0 Å². The number of ether oxygens (including phenoxy) is 1. The zero-order valence-electron chi connectivity index (χ0n) is 10.9. The molecule has 0 spiro atoms. The van der Waals surface area contributed by atoms with E-state index in [0.29, 0.717) is 11.3 Å². The molecule has 2 aromatic carbocycles. The van der Waals surface area contributed by atoms with E-state index in [9.17, 15) is 4.79 Å². The van der Waals surface area contributed by atoms with Crippen LogP contribution in [0.2, 0.25) is 0 Å². The molecule has 0 aromatic heterocycles. The van der Waals surface area contributed by atoms with Crippen LogP contribution in [0.25, 0.3) is 0 Å². The van der Waals surface area contributed by atoms with Crippen molar-refractivity contribution >= 4 is 21.7 Å². The molecule has 0 atom stereocenters. The average Bonchev–Trinajstić information content (AvgIpc) is 2.38. The molecule has 2 rings (SSSR count). The second kappa shape index (κ2) is 6.02. The van der Waals surface area contributed by atoms with E-state index in [1.54, 1.807) is 19.1 Å². The smallest absolute Gasteiger partial charge is 0.160 e. The zero-order chi connectivity index (χ0) is 13.8. The highest BCUT2D eigenvalue weighted by Gasteiger charge is 2.07. The van der Waals surface area contributed by atoms with Crippen molar-refractivity contribution in [3.8, 4) is 11.5 Å². The molecule has 0 saturated carbocycles. The fraction of sp³-hybridized carbons (Fsp3) is 0.188. The van der Waals surface area contributed by atoms with E-state index in [4.69, 9.17) is 4.74 Å². The Hall–Kier alpha value is -1.61. The highest BCUT2D eigenvalue weighted by molar-refractivity contribution is 9.10. The lowest BCUT2D eigenvalue weighted by Gasteiger charge is -2.08. The van der Waals surface area contributed by atoms with Crippen LogP contribution in [0.4, 0.5) is 0 Å². The number of ketones is 1. The lowest BCUT2D eigenvalue weighted by atomic mass is 10.1. The second-order valence-corrected chi connectivity index (χ2v) is 5.16. The SMILES string of the molecule is CCc1cccc(Oc2ccc(C(C)=O)c(Br)c2)c1. The maximum Gasteiger partial charge on any atom is 0.160 e. The first kappa shape index (κ1) is 13.8. The maximum atomic E-state index is 11.3. The highest BCUT2D eigenvalue weighted by atomic mass is 79.9. The van der Waals surface area contributed by atoms with E-state index in [-0.39, 0.29) is 5.78 Å². The summed E-state index contributed by atoms with van der Waals surface area (Å²) in [6.07, 6.45) is 0.976. The predicted molar refractivity (Wildman–Crippen MR) is 80.0 cm³/mol. The lowest BCUT2D eigenvalue weighted by molar-refractivity contribution is 0.101. The Bertz CT molecular complexity index is 605. The number of carbonyl (C=O) groups is 1. The summed E-state index contributed by atoms with van der Waals surface area (Å²) in [5, 5.41) is 0. The van der Waals surface area contributed by atoms with Crippen molar-refractivity contribution in [3.05, 3.63) is 58.1 Å². The van der Waals surface area contributed by atoms with Crippen molar-refractivity contribution in [1.29, 1.82) is 0 Å². The molecule has 0 aliphatic carbocycles. The van der Waals surface area contributed by atoms with E-state index in [1.165, 1.54) is 5.56 Å². The van der Waals surface area contributed by atoms with Gasteiger partial charge in [-0.2, -0.15) is 0 Å². The molecule has 98 valence electrons. The molecule has 3 heteroatoms. The van der Waals surface area contributed by atoms with Crippen molar-refractivity contribution in [1.82, 2.24) is 0 Å². The fourth-order valence-corrected chi connectivity index (χ4v) is 2.45. The molecular formula is C16H15BrO2. The average molecular weight is 319 g/mol. The lowest BCUT2D eigenvalue weighted by Crippen LogP contribution is -1.94. The van der Waals surface area contributed by atoms with E-state index < -0.39 is 0 Å². The van der Waals surface area contributed by atoms with Crippen LogP contribution in [0, 0.1) is 0 Å². The molecule has 0 fully saturated rings. The molecule has 0 amide bonds. The highest BCUT2D eigenvalue weighted by Crippen LogP contribution is 2.27. The van der Waals surface area contributed by atoms with Gasteiger partial charge in [-0.15, -0.1) is 0 Å². The minimum Gasteiger partial charge on any atom is -0.457 e. The normalized spacial score (nSPS) is 10.3. The molecule has 0 heterocycles. The number of halogens is 1. The van der Waals surface area contributed by atoms with Crippen molar-refractivity contribution in [3.63, 3.8) is 0 Å². The Balaban J connectivity index is 2.23. The first-order chi connectivity index (χ1) is 9.10. The van der Waals surface area contributed by atoms with Crippen LogP contribution in [0.5, 0.6) is 11.5 Å². The summed E-state index contributed by atoms with van der Waals surface area (Å²) >= 11 is 3.39. The first-order valence-electron chi connectivity index (χ1n) is 6.17. The first-order valence-corrected chi connectivity index (χ1v) is 6.96. The molecule has 2 nitrogen and oxygen atoms in total. The van der Waals surface area contributed by atoms with Gasteiger partial charge in [-0.25, -0.2) is 0 Å². The summed E-state index contributed by atoms with van der Waals surface area (Å²) in [5.41, 5.74) is 1.89. The zero-order valence-corrected chi connectivity index (χ0v) is 12.5. The fourth-order valence-electron chi connectivity index (χ4n) is 1.81. The van der Waals surface area contributed by atoms with Gasteiger partial charge in [0, 0.05) is 10.0 Å². The Morgan fingerprint density at radius 1 is 1.16 bits per heavy atom. The number of rotatable bonds is 4. The van der Waals surface area contributed by atoms with E-state index in [2.05, 4.69) is 28.9 Å². The van der Waals surface area contributed by atoms with E-state index >= 15 is 0 Å². The van der Waals surface area contributed by atoms with Crippen molar-refractivity contribution in [2.24, 2.45) is 0 Å². The minimum atomic E-state index is 0.0337. The summed E-state index contributed by atoms with van der Waals surface area (Å²) in [5.74, 6) is 1.55. The molecule has 0 saturated heterocycles. The standard InChI is InChI=1S/C16H15BrO2/c1-3-12-5-4-6-13(9-12)19-14-7-8-15(11(2)18)16(17)10-14/h4-10H,3H2,1-2H3. The van der Waals surface area contributed by atoms with E-state index in [0.717, 1.165) is 16.6 Å². The van der Waals surface area contributed by atoms with Gasteiger partial charge in [0.15, 0.2) is 5.78 Å². The van der Waals surface area contributed by atoms with Crippen LogP contribution < -0.4 is 4.74 Å². The molecule has 0 aliphatic heterocycles. The molecular weight excluding hydrogens is 304 g/mol. The van der Waals surface area contributed by atoms with Crippen LogP contribution in [0.1, 0.15) is 29.8 Å². The van der Waals surface area contributed by atoms with Gasteiger partial charge in [-0.1, -0.05) is 19.1 Å². The number of hydrogen-bond donors (Lipinski definition) is 0. The van der Waals surface area contributed by atoms with Crippen LogP contribution in [-0.4, -0.2) is 5.78 Å². The minimum absolute atomic E-state index is 0.0337.